The molecule has 1 aromatic rings. The number of benzene rings is 1. The number of amides is 1. The first-order valence-corrected chi connectivity index (χ1v) is 10.3. The van der Waals surface area contributed by atoms with Crippen LogP contribution in [0.1, 0.15) is 30.4 Å². The lowest BCUT2D eigenvalue weighted by Gasteiger charge is -2.28. The monoisotopic (exact) mass is 351 g/mol. The summed E-state index contributed by atoms with van der Waals surface area (Å²) in [6.07, 6.45) is 4.46. The second-order valence-corrected chi connectivity index (χ2v) is 8.72. The Morgan fingerprint density at radius 1 is 1.42 bits per heavy atom. The first kappa shape index (κ1) is 17.4. The van der Waals surface area contributed by atoms with Crippen molar-refractivity contribution in [2.75, 3.05) is 31.2 Å². The predicted molar refractivity (Wildman–Crippen MR) is 94.2 cm³/mol. The summed E-state index contributed by atoms with van der Waals surface area (Å²) in [5.74, 6) is 0.643. The largest absolute Gasteiger partial charge is 0.326 e. The molecule has 1 atom stereocenters. The quantitative estimate of drug-likeness (QED) is 0.839. The molecule has 1 aromatic carbocycles. The van der Waals surface area contributed by atoms with Crippen LogP contribution in [0.2, 0.25) is 0 Å². The molecule has 3 rings (SSSR count). The number of hydrogen-bond donors (Lipinski definition) is 2. The van der Waals surface area contributed by atoms with Gasteiger partial charge in [-0.05, 0) is 55.5 Å². The zero-order valence-electron chi connectivity index (χ0n) is 14.0. The van der Waals surface area contributed by atoms with E-state index in [1.807, 2.05) is 18.2 Å². The molecule has 2 N–H and O–H groups in total. The fraction of sp³-hybridized carbons (Fsp3) is 0.588. The molecule has 0 bridgehead atoms. The minimum atomic E-state index is -3.18. The number of nitrogens with one attached hydrogen (secondary N) is 2. The van der Waals surface area contributed by atoms with Gasteiger partial charge in [-0.25, -0.2) is 8.42 Å². The molecule has 0 aliphatic carbocycles. The minimum Gasteiger partial charge on any atom is -0.326 e. The molecule has 1 fully saturated rings. The summed E-state index contributed by atoms with van der Waals surface area (Å²) < 4.78 is 24.9. The maximum atomic E-state index is 12.2. The molecule has 0 radical (unpaired) electrons. The van der Waals surface area contributed by atoms with Gasteiger partial charge in [0, 0.05) is 25.2 Å². The van der Waals surface area contributed by atoms with Crippen molar-refractivity contribution in [1.29, 1.82) is 0 Å². The fourth-order valence-corrected chi connectivity index (χ4v) is 4.29. The summed E-state index contributed by atoms with van der Waals surface area (Å²) in [6, 6.07) is 5.72. The van der Waals surface area contributed by atoms with Crippen molar-refractivity contribution < 1.29 is 13.2 Å². The van der Waals surface area contributed by atoms with Gasteiger partial charge in [-0.3, -0.25) is 4.79 Å². The summed E-state index contributed by atoms with van der Waals surface area (Å²) in [5, 5.41) is 6.34. The van der Waals surface area contributed by atoms with Crippen molar-refractivity contribution in [3.63, 3.8) is 0 Å². The van der Waals surface area contributed by atoms with Crippen LogP contribution in [0.4, 0.5) is 5.69 Å². The van der Waals surface area contributed by atoms with Gasteiger partial charge >= 0.3 is 0 Å². The van der Waals surface area contributed by atoms with E-state index in [2.05, 4.69) is 10.6 Å². The molecule has 0 saturated carbocycles. The number of nitrogens with zero attached hydrogens (tertiary/aromatic N) is 1. The molecule has 132 valence electrons. The van der Waals surface area contributed by atoms with Crippen LogP contribution in [0.25, 0.3) is 0 Å². The summed E-state index contributed by atoms with van der Waals surface area (Å²) in [5.41, 5.74) is 2.87. The van der Waals surface area contributed by atoms with Crippen molar-refractivity contribution in [3.05, 3.63) is 29.3 Å². The van der Waals surface area contributed by atoms with E-state index in [1.54, 1.807) is 0 Å². The van der Waals surface area contributed by atoms with Gasteiger partial charge in [0.05, 0.1) is 6.26 Å². The average molecular weight is 351 g/mol. The molecular formula is C17H25N3O3S. The summed E-state index contributed by atoms with van der Waals surface area (Å²) in [4.78, 5) is 12.2. The van der Waals surface area contributed by atoms with Gasteiger partial charge in [0.2, 0.25) is 15.9 Å². The number of fused-ring (bicyclic) bond motifs is 1. The Labute approximate surface area is 143 Å². The number of hydrogen-bond acceptors (Lipinski definition) is 4. The smallest absolute Gasteiger partial charge is 0.224 e. The Bertz CT molecular complexity index is 712. The van der Waals surface area contributed by atoms with Crippen LogP contribution in [0, 0.1) is 5.92 Å². The zero-order valence-corrected chi connectivity index (χ0v) is 14.9. The fourth-order valence-electron chi connectivity index (χ4n) is 3.49. The molecule has 6 nitrogen and oxygen atoms in total. The third-order valence-electron chi connectivity index (χ3n) is 4.92. The number of anilines is 1. The van der Waals surface area contributed by atoms with E-state index in [4.69, 9.17) is 0 Å². The zero-order chi connectivity index (χ0) is 17.2. The van der Waals surface area contributed by atoms with Crippen molar-refractivity contribution in [3.8, 4) is 0 Å². The normalized spacial score (nSPS) is 21.5. The SMILES string of the molecule is CS(=O)(=O)N1CCc2c(cccc2NC(=O)CCC2CCNC2)C1. The molecule has 7 heteroatoms. The van der Waals surface area contributed by atoms with Crippen LogP contribution in [0.5, 0.6) is 0 Å². The van der Waals surface area contributed by atoms with Crippen LogP contribution in [0.15, 0.2) is 18.2 Å². The highest BCUT2D eigenvalue weighted by Crippen LogP contribution is 2.27. The second-order valence-electron chi connectivity index (χ2n) is 6.74. The highest BCUT2D eigenvalue weighted by Gasteiger charge is 2.25. The summed E-state index contributed by atoms with van der Waals surface area (Å²) >= 11 is 0. The molecule has 2 aliphatic rings. The van der Waals surface area contributed by atoms with Gasteiger partial charge in [0.15, 0.2) is 0 Å². The van der Waals surface area contributed by atoms with Crippen LogP contribution < -0.4 is 10.6 Å². The first-order chi connectivity index (χ1) is 11.4. The van der Waals surface area contributed by atoms with Gasteiger partial charge in [-0.15, -0.1) is 0 Å². The minimum absolute atomic E-state index is 0.0424. The second kappa shape index (κ2) is 7.21. The van der Waals surface area contributed by atoms with Crippen molar-refractivity contribution in [2.45, 2.75) is 32.2 Å². The third kappa shape index (κ3) is 4.15. The van der Waals surface area contributed by atoms with Gasteiger partial charge in [-0.2, -0.15) is 4.31 Å². The maximum absolute atomic E-state index is 12.2. The Morgan fingerprint density at radius 3 is 2.96 bits per heavy atom. The van der Waals surface area contributed by atoms with Crippen LogP contribution in [-0.4, -0.2) is 44.5 Å². The molecular weight excluding hydrogens is 326 g/mol. The predicted octanol–water partition coefficient (Wildman–Crippen LogP) is 1.33. The molecule has 0 spiro atoms. The number of sulfonamides is 1. The van der Waals surface area contributed by atoms with E-state index in [9.17, 15) is 13.2 Å². The molecule has 1 unspecified atom stereocenters. The lowest BCUT2D eigenvalue weighted by atomic mass is 9.98. The average Bonchev–Trinajstić information content (AvgIpc) is 3.05. The molecule has 24 heavy (non-hydrogen) atoms. The molecule has 2 aliphatic heterocycles. The first-order valence-electron chi connectivity index (χ1n) is 8.50. The van der Waals surface area contributed by atoms with E-state index < -0.39 is 10.0 Å². The van der Waals surface area contributed by atoms with Crippen LogP contribution >= 0.6 is 0 Å². The molecule has 1 amide bonds. The summed E-state index contributed by atoms with van der Waals surface area (Å²) in [6.45, 7) is 2.91. The van der Waals surface area contributed by atoms with E-state index in [0.29, 0.717) is 31.8 Å². The summed E-state index contributed by atoms with van der Waals surface area (Å²) in [7, 11) is -3.18. The molecule has 2 heterocycles. The number of rotatable bonds is 5. The Kier molecular flexibility index (Phi) is 5.22. The Balaban J connectivity index is 1.64. The lowest BCUT2D eigenvalue weighted by molar-refractivity contribution is -0.116. The van der Waals surface area contributed by atoms with E-state index >= 15 is 0 Å². The van der Waals surface area contributed by atoms with Crippen LogP contribution in [-0.2, 0) is 27.8 Å². The van der Waals surface area contributed by atoms with Gasteiger partial charge in [0.25, 0.3) is 0 Å². The molecule has 1 saturated heterocycles. The van der Waals surface area contributed by atoms with E-state index in [1.165, 1.54) is 10.6 Å². The van der Waals surface area contributed by atoms with Gasteiger partial charge < -0.3 is 10.6 Å². The maximum Gasteiger partial charge on any atom is 0.224 e. The highest BCUT2D eigenvalue weighted by molar-refractivity contribution is 7.88. The van der Waals surface area contributed by atoms with Gasteiger partial charge in [0.1, 0.15) is 0 Å². The van der Waals surface area contributed by atoms with E-state index in [0.717, 1.165) is 42.7 Å². The topological polar surface area (TPSA) is 78.5 Å². The number of carbonyl (C=O) groups excluding carboxylic acids is 1. The standard InChI is InChI=1S/C17H25N3O3S/c1-24(22,23)20-10-8-15-14(12-20)3-2-4-16(15)19-17(21)6-5-13-7-9-18-11-13/h2-4,13,18H,5-12H2,1H3,(H,19,21). The van der Waals surface area contributed by atoms with Crippen molar-refractivity contribution >= 4 is 21.6 Å². The van der Waals surface area contributed by atoms with Crippen LogP contribution in [0.3, 0.4) is 0 Å². The Morgan fingerprint density at radius 2 is 2.25 bits per heavy atom. The van der Waals surface area contributed by atoms with E-state index in [-0.39, 0.29) is 5.91 Å². The Hall–Kier alpha value is -1.44. The lowest BCUT2D eigenvalue weighted by Crippen LogP contribution is -2.35. The highest BCUT2D eigenvalue weighted by atomic mass is 32.2. The van der Waals surface area contributed by atoms with Crippen molar-refractivity contribution in [1.82, 2.24) is 9.62 Å². The van der Waals surface area contributed by atoms with Crippen molar-refractivity contribution in [2.24, 2.45) is 5.92 Å². The number of carbonyl (C=O) groups is 1. The molecule has 0 aromatic heterocycles. The third-order valence-corrected chi connectivity index (χ3v) is 6.17. The van der Waals surface area contributed by atoms with Gasteiger partial charge in [-0.1, -0.05) is 12.1 Å².